The first kappa shape index (κ1) is 151. The van der Waals surface area contributed by atoms with Crippen LogP contribution in [0, 0.1) is 0 Å². The van der Waals surface area contributed by atoms with Crippen LogP contribution >= 0.6 is 25.0 Å². The summed E-state index contributed by atoms with van der Waals surface area (Å²) in [5, 5.41) is 40.3. The summed E-state index contributed by atoms with van der Waals surface area (Å²) in [5.41, 5.74) is -0.750. The van der Waals surface area contributed by atoms with Gasteiger partial charge in [-0.05, 0) is 53.7 Å². The number of aliphatic hydroxyl groups excluding tert-OH is 1. The van der Waals surface area contributed by atoms with Crippen LogP contribution < -0.4 is 56.5 Å². The zero-order valence-electron chi connectivity index (χ0n) is 56.1. The van der Waals surface area contributed by atoms with Gasteiger partial charge in [-0.1, -0.05) is 189 Å². The first-order valence-electron chi connectivity index (χ1n) is 24.6. The van der Waals surface area contributed by atoms with Crippen molar-refractivity contribution < 1.29 is 128 Å². The Hall–Kier alpha value is -1.04. The van der Waals surface area contributed by atoms with Gasteiger partial charge in [0.15, 0.2) is 5.05 Å². The normalized spacial score (nSPS) is 6.61. The Morgan fingerprint density at radius 1 is 0.635 bits per heavy atom. The fraction of sp³-hybridized carbons (Fsp3) is 0.827. The van der Waals surface area contributed by atoms with Crippen LogP contribution in [-0.2, 0) is 38.1 Å². The van der Waals surface area contributed by atoms with E-state index >= 15 is 0 Å². The summed E-state index contributed by atoms with van der Waals surface area (Å²) in [4.78, 5) is 37.0. The summed E-state index contributed by atoms with van der Waals surface area (Å²) in [6.07, 6.45) is 9.68. The Kier molecular flexibility index (Phi) is 488. The molecule has 14 nitrogen and oxygen atoms in total. The van der Waals surface area contributed by atoms with Crippen molar-refractivity contribution in [2.75, 3.05) is 42.7 Å². The summed E-state index contributed by atoms with van der Waals surface area (Å²) in [6, 6.07) is 0. The van der Waals surface area contributed by atoms with Crippen molar-refractivity contribution in [2.24, 2.45) is 4.30 Å². The van der Waals surface area contributed by atoms with Gasteiger partial charge in [0.1, 0.15) is 6.29 Å². The molecule has 74 heavy (non-hydrogen) atoms. The molecule has 0 saturated carbocycles. The van der Waals surface area contributed by atoms with Gasteiger partial charge in [0.25, 0.3) is 5.97 Å². The van der Waals surface area contributed by atoms with E-state index in [4.69, 9.17) is 29.9 Å². The summed E-state index contributed by atoms with van der Waals surface area (Å²) in [6.45, 7) is 58.5. The predicted molar refractivity (Wildman–Crippen MR) is 328 cm³/mol. The second-order valence-corrected chi connectivity index (χ2v) is 10.6. The van der Waals surface area contributed by atoms with Crippen LogP contribution in [-0.4, -0.2) is 119 Å². The maximum atomic E-state index is 11.2. The average molecular weight is 1160 g/mol. The van der Waals surface area contributed by atoms with Crippen LogP contribution in [0.2, 0.25) is 6.82 Å². The molecule has 0 saturated heterocycles. The molecule has 0 aromatic rings. The third-order valence-electron chi connectivity index (χ3n) is 2.39. The van der Waals surface area contributed by atoms with E-state index in [1.807, 2.05) is 149 Å². The fourth-order valence-electron chi connectivity index (χ4n) is 0. The largest absolute Gasteiger partial charge is 1.00 e. The zero-order chi connectivity index (χ0) is 66.1. The number of halogens is 3. The predicted octanol–water partition coefficient (Wildman–Crippen LogP) is 13.1. The molecular weight excluding hydrogens is 1030 g/mol. The molecule has 0 bridgehead atoms. The number of aldehydes is 1. The van der Waals surface area contributed by atoms with E-state index in [0.29, 0.717) is 19.2 Å². The summed E-state index contributed by atoms with van der Waals surface area (Å²) < 4.78 is 51.0. The number of ether oxygens (including phenoxy) is 4. The number of unbranched alkanes of at least 4 members (excludes halogenated alkanes) is 1. The van der Waals surface area contributed by atoms with E-state index in [1.165, 1.54) is 61.1 Å². The summed E-state index contributed by atoms with van der Waals surface area (Å²) in [5.74, 6) is -1.32. The number of alkyl halides is 3. The zero-order valence-corrected chi connectivity index (χ0v) is 60.9. The molecule has 0 aliphatic carbocycles. The number of hydrogen-bond donors (Lipinski definition) is 5. The van der Waals surface area contributed by atoms with Crippen molar-refractivity contribution in [3.8, 4) is 0 Å². The van der Waals surface area contributed by atoms with Crippen molar-refractivity contribution >= 4 is 69.0 Å². The van der Waals surface area contributed by atoms with Gasteiger partial charge in [0, 0.05) is 48.8 Å². The number of rotatable bonds is 2. The van der Waals surface area contributed by atoms with Crippen LogP contribution in [0.5, 0.6) is 0 Å². The third kappa shape index (κ3) is 2890. The monoisotopic (exact) mass is 1160 g/mol. The molecule has 461 valence electrons. The van der Waals surface area contributed by atoms with Gasteiger partial charge in [-0.2, -0.15) is 8.78 Å². The molecule has 0 aliphatic heterocycles. The molecule has 0 rings (SSSR count). The fourth-order valence-corrected chi connectivity index (χ4v) is 0. The van der Waals surface area contributed by atoms with Crippen LogP contribution in [0.1, 0.15) is 234 Å². The maximum Gasteiger partial charge on any atom is 1.00 e. The summed E-state index contributed by atoms with van der Waals surface area (Å²) >= 11 is 7.67. The molecule has 0 fully saturated rings. The molecule has 0 aromatic heterocycles. The number of hydrogen-bond acceptors (Lipinski definition) is 15. The molecule has 0 aliphatic rings. The van der Waals surface area contributed by atoms with Crippen molar-refractivity contribution in [3.63, 3.8) is 0 Å². The third-order valence-corrected chi connectivity index (χ3v) is 2.55. The average Bonchev–Trinajstić information content (AvgIpc) is 3.37. The second-order valence-electron chi connectivity index (χ2n) is 9.75. The standard InChI is InChI=1S/C4H9O.C4H10.2C4H8.C3H6F2O.2C3H6O2.C3H6OS.C3H8.C2H4O2.C2H4O.7C2H6.CH5BO2.CH3F.CH4O.BHNS.K/c1-4(2,3)5;3*1-3-4-2;1-3(4,5)6-2;2*1-3(4)5-2;1-3(5)4-2;1-3-2;1-2(3)4;1-2-3;7*1-2;1-2(3)4;2*1-2;1-2-3;/h1-3H3;3-4H2,1-2H3;2*3-4H,1-2H3;1-2H3;3*1-2H3;3H2,1-2H3;1H3,(H,3,4);2H,1H3;7*1-2H3;3-4H,1H3;1H3;2H,1H3;3H;/q-1;;;;;;;;;;;;;;;;;;;;;;+1/b;;2*4-3+;;;;;;;;;;;;;;;;;;;. The molecule has 22 heteroatoms. The van der Waals surface area contributed by atoms with E-state index in [-0.39, 0.29) is 63.3 Å². The number of nitrogens with zero attached hydrogens (tertiary/aromatic N) is 1. The van der Waals surface area contributed by atoms with Crippen molar-refractivity contribution in [1.82, 2.24) is 0 Å². The topological polar surface area (TPSA) is 222 Å². The molecule has 0 amide bonds. The number of carbonyl (C=O) groups is 4. The van der Waals surface area contributed by atoms with Gasteiger partial charge < -0.3 is 49.1 Å². The quantitative estimate of drug-likeness (QED) is 0.0434. The number of allylic oxidation sites excluding steroid dienone is 4. The second kappa shape index (κ2) is 239. The first-order chi connectivity index (χ1) is 33.8. The number of aliphatic carboxylic acids is 1. The van der Waals surface area contributed by atoms with Gasteiger partial charge in [-0.3, -0.25) is 18.8 Å². The van der Waals surface area contributed by atoms with Crippen molar-refractivity contribution in [3.05, 3.63) is 24.3 Å². The number of thiol groups is 1. The van der Waals surface area contributed by atoms with Gasteiger partial charge in [0.05, 0.1) is 28.5 Å². The minimum atomic E-state index is -2.96. The van der Waals surface area contributed by atoms with Crippen molar-refractivity contribution in [2.45, 2.75) is 252 Å². The van der Waals surface area contributed by atoms with Gasteiger partial charge in [0.2, 0.25) is 0 Å². The summed E-state index contributed by atoms with van der Waals surface area (Å²) in [7, 11) is 9.89. The van der Waals surface area contributed by atoms with E-state index in [1.54, 1.807) is 34.8 Å². The van der Waals surface area contributed by atoms with Crippen LogP contribution in [0.15, 0.2) is 28.6 Å². The Morgan fingerprint density at radius 2 is 0.703 bits per heavy atom. The molecule has 0 heterocycles. The Labute approximate surface area is 516 Å². The molecule has 0 atom stereocenters. The van der Waals surface area contributed by atoms with E-state index in [0.717, 1.165) is 27.4 Å². The molecule has 4 N–H and O–H groups in total. The first-order valence-corrected chi connectivity index (χ1v) is 25.4. The number of thiocarbonyl (C=S) groups is 1. The smallest absolute Gasteiger partial charge is 1.00 e. The van der Waals surface area contributed by atoms with Crippen LogP contribution in [0.3, 0.4) is 0 Å². The van der Waals surface area contributed by atoms with E-state index in [9.17, 15) is 27.9 Å². The molecule has 0 aromatic carbocycles. The minimum absolute atomic E-state index is 0. The number of esters is 2. The number of aliphatic hydroxyl groups is 1. The molecular formula is C52H130B2F3KNO13S2. The molecule has 0 spiro atoms. The van der Waals surface area contributed by atoms with E-state index < -0.39 is 24.8 Å². The van der Waals surface area contributed by atoms with Crippen molar-refractivity contribution in [1.29, 1.82) is 0 Å². The van der Waals surface area contributed by atoms with Gasteiger partial charge >= 0.3 is 101 Å². The molecule has 1 radical (unpaired) electrons. The number of carboxylic acid groups (broad SMARTS) is 1. The molecule has 0 unspecified atom stereocenters. The Balaban J connectivity index is -0.0000000177. The maximum absolute atomic E-state index is 11.2. The van der Waals surface area contributed by atoms with E-state index in [2.05, 4.69) is 83.6 Å². The number of methoxy groups -OCH3 is 4. The van der Waals surface area contributed by atoms with Crippen LogP contribution in [0.4, 0.5) is 13.2 Å². The minimum Gasteiger partial charge on any atom is 1.00 e. The Morgan fingerprint density at radius 3 is 0.703 bits per heavy atom. The Bertz CT molecular complexity index is 723. The SMILES string of the molecule is C/C=C/C.C/C=C/C.CB(O)O.CC.CC.CC.CC.CC.CC.CC.CC(=O)O.CC(C)(C)[O-].CC=O.CCC.CCCC.CF.CO.COC(C)(F)F.COC(C)=O.COC(C)=O.COC(C)=S.[B]=NS.[K+]. The van der Waals surface area contributed by atoms with Crippen LogP contribution in [0.25, 0.3) is 0 Å². The van der Waals surface area contributed by atoms with Gasteiger partial charge in [-0.25, -0.2) is 0 Å². The number of carboxylic acids is 1. The number of carbonyl (C=O) groups excluding carboxylic acids is 3. The van der Waals surface area contributed by atoms with Gasteiger partial charge in [-0.15, -0.1) is 5.60 Å².